The second kappa shape index (κ2) is 7.68. The summed E-state index contributed by atoms with van der Waals surface area (Å²) in [5.74, 6) is 0.631. The first-order valence-electron chi connectivity index (χ1n) is 9.75. The van der Waals surface area contributed by atoms with Gasteiger partial charge in [0.15, 0.2) is 0 Å². The lowest BCUT2D eigenvalue weighted by Gasteiger charge is -2.32. The number of rotatable bonds is 3. The lowest BCUT2D eigenvalue weighted by Crippen LogP contribution is -2.39. The average Bonchev–Trinajstić information content (AvgIpc) is 3.05. The molecule has 0 aromatic heterocycles. The van der Waals surface area contributed by atoms with Gasteiger partial charge in [-0.3, -0.25) is 9.69 Å². The zero-order chi connectivity index (χ0) is 18.7. The van der Waals surface area contributed by atoms with Crippen molar-refractivity contribution in [1.82, 2.24) is 0 Å². The fourth-order valence-corrected chi connectivity index (χ4v) is 3.87. The normalized spacial score (nSPS) is 17.7. The van der Waals surface area contributed by atoms with Crippen molar-refractivity contribution in [1.29, 1.82) is 0 Å². The van der Waals surface area contributed by atoms with Crippen LogP contribution in [0.2, 0.25) is 0 Å². The zero-order valence-electron chi connectivity index (χ0n) is 16.1. The molecule has 142 valence electrons. The number of carbonyl (C=O) groups excluding carboxylic acids is 2. The van der Waals surface area contributed by atoms with E-state index < -0.39 is 5.60 Å². The molecule has 2 amide bonds. The Morgan fingerprint density at radius 1 is 1.19 bits per heavy atom. The van der Waals surface area contributed by atoms with E-state index in [1.165, 1.54) is 25.7 Å². The van der Waals surface area contributed by atoms with E-state index in [2.05, 4.69) is 5.32 Å². The molecule has 0 atom stereocenters. The van der Waals surface area contributed by atoms with E-state index in [4.69, 9.17) is 4.74 Å². The molecule has 1 heterocycles. The number of carbonyl (C=O) groups is 2. The van der Waals surface area contributed by atoms with Gasteiger partial charge in [0.05, 0.1) is 5.69 Å². The summed E-state index contributed by atoms with van der Waals surface area (Å²) in [6.45, 7) is 6.28. The van der Waals surface area contributed by atoms with Crippen molar-refractivity contribution in [2.24, 2.45) is 5.92 Å². The van der Waals surface area contributed by atoms with Gasteiger partial charge in [0.25, 0.3) is 0 Å². The van der Waals surface area contributed by atoms with Crippen molar-refractivity contribution in [3.8, 4) is 0 Å². The predicted octanol–water partition coefficient (Wildman–Crippen LogP) is 4.89. The molecule has 1 aliphatic heterocycles. The van der Waals surface area contributed by atoms with E-state index in [0.29, 0.717) is 18.9 Å². The van der Waals surface area contributed by atoms with Crippen LogP contribution in [0.5, 0.6) is 0 Å². The lowest BCUT2D eigenvalue weighted by molar-refractivity contribution is -0.117. The summed E-state index contributed by atoms with van der Waals surface area (Å²) in [5.41, 5.74) is 2.28. The van der Waals surface area contributed by atoms with Crippen LogP contribution in [0, 0.1) is 5.92 Å². The molecule has 1 fully saturated rings. The molecule has 26 heavy (non-hydrogen) atoms. The summed E-state index contributed by atoms with van der Waals surface area (Å²) in [7, 11) is 0. The number of benzene rings is 1. The monoisotopic (exact) mass is 358 g/mol. The summed E-state index contributed by atoms with van der Waals surface area (Å²) in [4.78, 5) is 26.4. The molecular formula is C21H30N2O3. The van der Waals surface area contributed by atoms with Crippen molar-refractivity contribution in [3.63, 3.8) is 0 Å². The van der Waals surface area contributed by atoms with Gasteiger partial charge in [0.2, 0.25) is 5.91 Å². The SMILES string of the molecule is CC(C)(C)OC(=O)N1CCCc2cc(NC(=O)CC3CCCC3)ccc21. The van der Waals surface area contributed by atoms with Crippen LogP contribution < -0.4 is 10.2 Å². The first-order valence-corrected chi connectivity index (χ1v) is 9.75. The van der Waals surface area contributed by atoms with E-state index in [1.54, 1.807) is 4.90 Å². The maximum absolute atomic E-state index is 12.5. The summed E-state index contributed by atoms with van der Waals surface area (Å²) >= 11 is 0. The smallest absolute Gasteiger partial charge is 0.414 e. The third kappa shape index (κ3) is 4.77. The first-order chi connectivity index (χ1) is 12.3. The number of ether oxygens (including phenoxy) is 1. The maximum Gasteiger partial charge on any atom is 0.414 e. The van der Waals surface area contributed by atoms with Crippen molar-refractivity contribution in [2.45, 2.75) is 71.3 Å². The van der Waals surface area contributed by atoms with Crippen LogP contribution >= 0.6 is 0 Å². The topological polar surface area (TPSA) is 58.6 Å². The highest BCUT2D eigenvalue weighted by Crippen LogP contribution is 2.32. The van der Waals surface area contributed by atoms with Gasteiger partial charge >= 0.3 is 6.09 Å². The van der Waals surface area contributed by atoms with Crippen LogP contribution in [0.3, 0.4) is 0 Å². The number of hydrogen-bond donors (Lipinski definition) is 1. The standard InChI is InChI=1S/C21H30N2O3/c1-21(2,3)26-20(25)23-12-6-9-16-14-17(10-11-18(16)23)22-19(24)13-15-7-4-5-8-15/h10-11,14-15H,4-9,12-13H2,1-3H3,(H,22,24). The van der Waals surface area contributed by atoms with Crippen LogP contribution in [-0.4, -0.2) is 24.1 Å². The van der Waals surface area contributed by atoms with Crippen LogP contribution in [0.1, 0.15) is 64.9 Å². The Bertz CT molecular complexity index is 672. The van der Waals surface area contributed by atoms with Gasteiger partial charge in [-0.05, 0) is 76.1 Å². The molecule has 1 N–H and O–H groups in total. The average molecular weight is 358 g/mol. The second-order valence-electron chi connectivity index (χ2n) is 8.48. The van der Waals surface area contributed by atoms with E-state index in [0.717, 1.165) is 29.8 Å². The van der Waals surface area contributed by atoms with Gasteiger partial charge in [-0.2, -0.15) is 0 Å². The summed E-state index contributed by atoms with van der Waals surface area (Å²) in [6, 6.07) is 5.80. The van der Waals surface area contributed by atoms with Crippen LogP contribution in [0.15, 0.2) is 18.2 Å². The van der Waals surface area contributed by atoms with Gasteiger partial charge in [-0.15, -0.1) is 0 Å². The first kappa shape index (κ1) is 18.7. The Hall–Kier alpha value is -2.04. The molecule has 5 heteroatoms. The number of amides is 2. The number of nitrogens with zero attached hydrogens (tertiary/aromatic N) is 1. The van der Waals surface area contributed by atoms with Crippen molar-refractivity contribution >= 4 is 23.4 Å². The van der Waals surface area contributed by atoms with E-state index >= 15 is 0 Å². The molecule has 3 rings (SSSR count). The Kier molecular flexibility index (Phi) is 5.54. The molecule has 0 spiro atoms. The Balaban J connectivity index is 1.67. The number of anilines is 2. The van der Waals surface area contributed by atoms with Gasteiger partial charge in [-0.1, -0.05) is 12.8 Å². The number of fused-ring (bicyclic) bond motifs is 1. The van der Waals surface area contributed by atoms with E-state index in [1.807, 2.05) is 39.0 Å². The van der Waals surface area contributed by atoms with E-state index in [-0.39, 0.29) is 12.0 Å². The third-order valence-electron chi connectivity index (χ3n) is 5.04. The van der Waals surface area contributed by atoms with Gasteiger partial charge < -0.3 is 10.1 Å². The molecule has 1 aromatic carbocycles. The van der Waals surface area contributed by atoms with Crippen LogP contribution in [0.4, 0.5) is 16.2 Å². The van der Waals surface area contributed by atoms with E-state index in [9.17, 15) is 9.59 Å². The molecule has 1 aromatic rings. The van der Waals surface area contributed by atoms with Crippen LogP contribution in [-0.2, 0) is 16.0 Å². The second-order valence-corrected chi connectivity index (χ2v) is 8.48. The highest BCUT2D eigenvalue weighted by molar-refractivity contribution is 5.93. The van der Waals surface area contributed by atoms with Crippen molar-refractivity contribution in [3.05, 3.63) is 23.8 Å². The van der Waals surface area contributed by atoms with Gasteiger partial charge in [-0.25, -0.2) is 4.79 Å². The largest absolute Gasteiger partial charge is 0.443 e. The summed E-state index contributed by atoms with van der Waals surface area (Å²) in [6.07, 6.45) is 6.93. The third-order valence-corrected chi connectivity index (χ3v) is 5.04. The molecule has 0 bridgehead atoms. The minimum Gasteiger partial charge on any atom is -0.443 e. The fourth-order valence-electron chi connectivity index (χ4n) is 3.87. The van der Waals surface area contributed by atoms with Gasteiger partial charge in [0, 0.05) is 18.7 Å². The summed E-state index contributed by atoms with van der Waals surface area (Å²) in [5, 5.41) is 3.03. The molecule has 0 saturated heterocycles. The molecule has 5 nitrogen and oxygen atoms in total. The number of hydrogen-bond acceptors (Lipinski definition) is 3. The Labute approximate surface area is 156 Å². The van der Waals surface area contributed by atoms with Crippen molar-refractivity contribution < 1.29 is 14.3 Å². The minimum atomic E-state index is -0.511. The number of aryl methyl sites for hydroxylation is 1. The Morgan fingerprint density at radius 3 is 2.62 bits per heavy atom. The Morgan fingerprint density at radius 2 is 1.92 bits per heavy atom. The summed E-state index contributed by atoms with van der Waals surface area (Å²) < 4.78 is 5.52. The minimum absolute atomic E-state index is 0.0941. The quantitative estimate of drug-likeness (QED) is 0.836. The zero-order valence-corrected chi connectivity index (χ0v) is 16.1. The molecule has 0 radical (unpaired) electrons. The highest BCUT2D eigenvalue weighted by atomic mass is 16.6. The molecule has 1 saturated carbocycles. The van der Waals surface area contributed by atoms with Crippen molar-refractivity contribution in [2.75, 3.05) is 16.8 Å². The number of nitrogens with one attached hydrogen (secondary N) is 1. The highest BCUT2D eigenvalue weighted by Gasteiger charge is 2.27. The molecule has 2 aliphatic rings. The lowest BCUT2D eigenvalue weighted by atomic mass is 10.0. The predicted molar refractivity (Wildman–Crippen MR) is 104 cm³/mol. The van der Waals surface area contributed by atoms with Gasteiger partial charge in [0.1, 0.15) is 5.60 Å². The maximum atomic E-state index is 12.5. The molecule has 1 aliphatic carbocycles. The molecular weight excluding hydrogens is 328 g/mol. The molecule has 0 unspecified atom stereocenters. The fraction of sp³-hybridized carbons (Fsp3) is 0.619. The van der Waals surface area contributed by atoms with Crippen LogP contribution in [0.25, 0.3) is 0 Å².